The minimum absolute atomic E-state index is 0.995. The molecule has 0 bridgehead atoms. The monoisotopic (exact) mass is 232 g/mol. The molecule has 0 unspecified atom stereocenters. The van der Waals surface area contributed by atoms with Gasteiger partial charge in [0, 0.05) is 0 Å². The lowest BCUT2D eigenvalue weighted by molar-refractivity contribution is 0.915. The normalized spacial score (nSPS) is 12.5. The van der Waals surface area contributed by atoms with Crippen LogP contribution in [0, 0.1) is 0 Å². The van der Waals surface area contributed by atoms with Crippen LogP contribution in [0.1, 0.15) is 59.8 Å². The van der Waals surface area contributed by atoms with Crippen molar-refractivity contribution >= 4 is 0 Å². The molecule has 0 aromatic carbocycles. The van der Waals surface area contributed by atoms with Gasteiger partial charge in [0.25, 0.3) is 0 Å². The van der Waals surface area contributed by atoms with Crippen LogP contribution < -0.4 is 0 Å². The average Bonchev–Trinajstić information content (AvgIpc) is 2.25. The number of rotatable bonds is 8. The zero-order valence-corrected chi connectivity index (χ0v) is 12.1. The second-order valence-electron chi connectivity index (χ2n) is 4.98. The van der Waals surface area contributed by atoms with E-state index in [0.717, 1.165) is 6.42 Å². The van der Waals surface area contributed by atoms with Crippen molar-refractivity contribution in [1.82, 2.24) is 0 Å². The Morgan fingerprint density at radius 3 is 1.88 bits per heavy atom. The lowest BCUT2D eigenvalue weighted by atomic mass is 10.1. The first-order chi connectivity index (χ1) is 8.06. The summed E-state index contributed by atoms with van der Waals surface area (Å²) in [6.07, 6.45) is 14.6. The average molecular weight is 232 g/mol. The zero-order valence-electron chi connectivity index (χ0n) is 12.1. The van der Waals surface area contributed by atoms with Crippen molar-refractivity contribution < 1.29 is 0 Å². The second kappa shape index (κ2) is 10.1. The minimum atomic E-state index is 0.995. The molecule has 0 saturated heterocycles. The Labute approximate surface area is 108 Å². The van der Waals surface area contributed by atoms with Gasteiger partial charge in [0.1, 0.15) is 0 Å². The van der Waals surface area contributed by atoms with Crippen molar-refractivity contribution in [1.29, 1.82) is 0 Å². The highest BCUT2D eigenvalue weighted by Gasteiger charge is 1.91. The fraction of sp³-hybridized carbons (Fsp3) is 0.529. The van der Waals surface area contributed by atoms with Crippen LogP contribution in [0.2, 0.25) is 0 Å². The van der Waals surface area contributed by atoms with Crippen LogP contribution in [0.3, 0.4) is 0 Å². The van der Waals surface area contributed by atoms with Crippen LogP contribution in [-0.2, 0) is 0 Å². The van der Waals surface area contributed by atoms with E-state index in [9.17, 15) is 0 Å². The highest BCUT2D eigenvalue weighted by Crippen LogP contribution is 2.11. The lowest BCUT2D eigenvalue weighted by Gasteiger charge is -2.01. The Hall–Kier alpha value is -1.04. The molecule has 0 spiro atoms. The molecule has 0 nitrogen and oxygen atoms in total. The first kappa shape index (κ1) is 16.0. The van der Waals surface area contributed by atoms with Gasteiger partial charge in [0.15, 0.2) is 0 Å². The van der Waals surface area contributed by atoms with Crippen molar-refractivity contribution in [2.45, 2.75) is 59.8 Å². The smallest absolute Gasteiger partial charge is 0.0169 e. The molecule has 0 aliphatic heterocycles. The van der Waals surface area contributed by atoms with Gasteiger partial charge in [-0.1, -0.05) is 41.0 Å². The second-order valence-corrected chi connectivity index (χ2v) is 4.98. The molecule has 0 aromatic rings. The highest BCUT2D eigenvalue weighted by atomic mass is 14.0. The summed E-state index contributed by atoms with van der Waals surface area (Å²) in [5.74, 6) is 0. The largest absolute Gasteiger partial charge is 0.103 e. The Morgan fingerprint density at radius 1 is 0.824 bits per heavy atom. The third kappa shape index (κ3) is 11.2. The van der Waals surface area contributed by atoms with Crippen LogP contribution in [0.4, 0.5) is 0 Å². The third-order valence-corrected chi connectivity index (χ3v) is 2.76. The van der Waals surface area contributed by atoms with Crippen molar-refractivity contribution in [2.75, 3.05) is 0 Å². The Balaban J connectivity index is 3.83. The van der Waals surface area contributed by atoms with Crippen LogP contribution in [0.25, 0.3) is 0 Å². The SMILES string of the molecule is C=CCC=C(C)CC/C=C(/C)CCC=C(C)C. The van der Waals surface area contributed by atoms with E-state index in [4.69, 9.17) is 0 Å². The van der Waals surface area contributed by atoms with Crippen molar-refractivity contribution in [3.8, 4) is 0 Å². The molecular weight excluding hydrogens is 204 g/mol. The maximum absolute atomic E-state index is 3.73. The summed E-state index contributed by atoms with van der Waals surface area (Å²) in [5.41, 5.74) is 4.40. The molecule has 0 saturated carbocycles. The lowest BCUT2D eigenvalue weighted by Crippen LogP contribution is -1.80. The van der Waals surface area contributed by atoms with Crippen molar-refractivity contribution in [3.05, 3.63) is 47.6 Å². The summed E-state index contributed by atoms with van der Waals surface area (Å²) in [4.78, 5) is 0. The van der Waals surface area contributed by atoms with Gasteiger partial charge < -0.3 is 0 Å². The summed E-state index contributed by atoms with van der Waals surface area (Å²) in [6, 6.07) is 0. The zero-order chi connectivity index (χ0) is 13.1. The molecule has 0 amide bonds. The Morgan fingerprint density at radius 2 is 1.35 bits per heavy atom. The number of allylic oxidation sites excluding steroid dienone is 7. The molecule has 0 N–H and O–H groups in total. The highest BCUT2D eigenvalue weighted by molar-refractivity contribution is 5.06. The van der Waals surface area contributed by atoms with Gasteiger partial charge in [0.2, 0.25) is 0 Å². The van der Waals surface area contributed by atoms with Gasteiger partial charge in [-0.15, -0.1) is 6.58 Å². The molecule has 0 aromatic heterocycles. The quantitative estimate of drug-likeness (QED) is 0.451. The summed E-state index contributed by atoms with van der Waals surface area (Å²) >= 11 is 0. The molecule has 0 atom stereocenters. The molecule has 0 heteroatoms. The first-order valence-corrected chi connectivity index (χ1v) is 6.61. The molecule has 0 rings (SSSR count). The molecule has 17 heavy (non-hydrogen) atoms. The van der Waals surface area contributed by atoms with E-state index in [0.29, 0.717) is 0 Å². The summed E-state index contributed by atoms with van der Waals surface area (Å²) in [5, 5.41) is 0. The number of hydrogen-bond acceptors (Lipinski definition) is 0. The van der Waals surface area contributed by atoms with Crippen molar-refractivity contribution in [2.24, 2.45) is 0 Å². The predicted molar refractivity (Wildman–Crippen MR) is 80.2 cm³/mol. The van der Waals surface area contributed by atoms with E-state index < -0.39 is 0 Å². The van der Waals surface area contributed by atoms with E-state index in [1.165, 1.54) is 42.4 Å². The van der Waals surface area contributed by atoms with Crippen LogP contribution in [0.15, 0.2) is 47.6 Å². The number of hydrogen-bond donors (Lipinski definition) is 0. The van der Waals surface area contributed by atoms with Gasteiger partial charge in [-0.2, -0.15) is 0 Å². The molecule has 0 radical (unpaired) electrons. The molecule has 96 valence electrons. The minimum Gasteiger partial charge on any atom is -0.103 e. The summed E-state index contributed by atoms with van der Waals surface area (Å²) in [6.45, 7) is 12.5. The fourth-order valence-electron chi connectivity index (χ4n) is 1.62. The predicted octanol–water partition coefficient (Wildman–Crippen LogP) is 5.98. The van der Waals surface area contributed by atoms with Crippen LogP contribution >= 0.6 is 0 Å². The maximum atomic E-state index is 3.73. The first-order valence-electron chi connectivity index (χ1n) is 6.61. The fourth-order valence-corrected chi connectivity index (χ4v) is 1.62. The van der Waals surface area contributed by atoms with Gasteiger partial charge in [-0.05, 0) is 59.8 Å². The van der Waals surface area contributed by atoms with Gasteiger partial charge >= 0.3 is 0 Å². The van der Waals surface area contributed by atoms with E-state index in [1.807, 2.05) is 6.08 Å². The molecular formula is C17H28. The molecule has 0 heterocycles. The van der Waals surface area contributed by atoms with E-state index >= 15 is 0 Å². The van der Waals surface area contributed by atoms with Crippen LogP contribution in [0.5, 0.6) is 0 Å². The summed E-state index contributed by atoms with van der Waals surface area (Å²) < 4.78 is 0. The van der Waals surface area contributed by atoms with Gasteiger partial charge in [0.05, 0.1) is 0 Å². The van der Waals surface area contributed by atoms with E-state index in [2.05, 4.69) is 52.5 Å². The molecule has 0 aliphatic carbocycles. The topological polar surface area (TPSA) is 0 Å². The van der Waals surface area contributed by atoms with Gasteiger partial charge in [-0.25, -0.2) is 0 Å². The van der Waals surface area contributed by atoms with Crippen LogP contribution in [-0.4, -0.2) is 0 Å². The van der Waals surface area contributed by atoms with Gasteiger partial charge in [-0.3, -0.25) is 0 Å². The third-order valence-electron chi connectivity index (χ3n) is 2.76. The summed E-state index contributed by atoms with van der Waals surface area (Å²) in [7, 11) is 0. The molecule has 0 fully saturated rings. The Bertz CT molecular complexity index is 296. The maximum Gasteiger partial charge on any atom is -0.0169 e. The van der Waals surface area contributed by atoms with Crippen molar-refractivity contribution in [3.63, 3.8) is 0 Å². The molecule has 0 aliphatic rings. The standard InChI is InChI=1S/C17H28/c1-6-7-11-16(4)13-9-14-17(5)12-8-10-15(2)3/h6,10-11,14H,1,7-9,12-13H2,2-5H3/b16-11?,17-14-. The van der Waals surface area contributed by atoms with E-state index in [-0.39, 0.29) is 0 Å². The van der Waals surface area contributed by atoms with E-state index in [1.54, 1.807) is 0 Å². The Kier molecular flexibility index (Phi) is 9.52.